The molecule has 0 spiro atoms. The number of nitrogens with zero attached hydrogens (tertiary/aromatic N) is 1. The monoisotopic (exact) mass is 813 g/mol. The summed E-state index contributed by atoms with van der Waals surface area (Å²) >= 11 is 0. The molecule has 0 atom stereocenters. The topological polar surface area (TPSA) is 3.24 Å². The van der Waals surface area contributed by atoms with Crippen LogP contribution in [0.3, 0.4) is 0 Å². The molecule has 64 heavy (non-hydrogen) atoms. The van der Waals surface area contributed by atoms with E-state index in [1.807, 2.05) is 0 Å². The highest BCUT2D eigenvalue weighted by atomic mass is 15.1. The molecule has 11 aromatic rings. The van der Waals surface area contributed by atoms with Crippen molar-refractivity contribution in [3.8, 4) is 44.5 Å². The number of anilines is 3. The van der Waals surface area contributed by atoms with Gasteiger partial charge >= 0.3 is 0 Å². The molecule has 0 aliphatic heterocycles. The fraction of sp³-hybridized carbons (Fsp3) is 0.0159. The Bertz CT molecular complexity index is 3410. The molecule has 0 amide bonds. The Kier molecular flexibility index (Phi) is 9.13. The van der Waals surface area contributed by atoms with Crippen LogP contribution in [0.1, 0.15) is 22.3 Å². The molecule has 300 valence electrons. The molecule has 0 heterocycles. The second kappa shape index (κ2) is 15.6. The molecule has 0 saturated heterocycles. The van der Waals surface area contributed by atoms with E-state index < -0.39 is 5.41 Å². The Morgan fingerprint density at radius 1 is 0.266 bits per heavy atom. The molecule has 0 fully saturated rings. The number of hydrogen-bond acceptors (Lipinski definition) is 1. The summed E-state index contributed by atoms with van der Waals surface area (Å²) in [5.41, 5.74) is 17.8. The number of fused-ring (bicyclic) bond motifs is 6. The molecular weight excluding hydrogens is 771 g/mol. The highest BCUT2D eigenvalue weighted by molar-refractivity contribution is 6.13. The van der Waals surface area contributed by atoms with Gasteiger partial charge in [-0.05, 0) is 131 Å². The Labute approximate surface area is 374 Å². The van der Waals surface area contributed by atoms with Gasteiger partial charge in [-0.15, -0.1) is 0 Å². The fourth-order valence-electron chi connectivity index (χ4n) is 10.5. The van der Waals surface area contributed by atoms with E-state index in [0.29, 0.717) is 0 Å². The van der Waals surface area contributed by atoms with Crippen LogP contribution in [0, 0.1) is 0 Å². The molecule has 0 bridgehead atoms. The van der Waals surface area contributed by atoms with Gasteiger partial charge < -0.3 is 4.90 Å². The summed E-state index contributed by atoms with van der Waals surface area (Å²) in [5.74, 6) is 0. The van der Waals surface area contributed by atoms with Crippen LogP contribution in [0.15, 0.2) is 261 Å². The van der Waals surface area contributed by atoms with E-state index >= 15 is 0 Å². The van der Waals surface area contributed by atoms with Crippen molar-refractivity contribution < 1.29 is 0 Å². The van der Waals surface area contributed by atoms with Crippen LogP contribution in [0.5, 0.6) is 0 Å². The summed E-state index contributed by atoms with van der Waals surface area (Å²) in [6.07, 6.45) is 0. The maximum absolute atomic E-state index is 2.38. The third-order valence-corrected chi connectivity index (χ3v) is 13.4. The van der Waals surface area contributed by atoms with Crippen molar-refractivity contribution in [1.82, 2.24) is 0 Å². The average Bonchev–Trinajstić information content (AvgIpc) is 3.69. The minimum absolute atomic E-state index is 0.446. The third kappa shape index (κ3) is 6.08. The van der Waals surface area contributed by atoms with E-state index in [1.54, 1.807) is 0 Å². The van der Waals surface area contributed by atoms with Crippen molar-refractivity contribution in [2.75, 3.05) is 4.90 Å². The highest BCUT2D eigenvalue weighted by Crippen LogP contribution is 2.58. The lowest BCUT2D eigenvalue weighted by Crippen LogP contribution is -2.28. The summed E-state index contributed by atoms with van der Waals surface area (Å²) in [5, 5.41) is 5.07. The largest absolute Gasteiger partial charge is 0.311 e. The molecule has 0 saturated carbocycles. The molecule has 11 aromatic carbocycles. The van der Waals surface area contributed by atoms with Crippen molar-refractivity contribution in [2.24, 2.45) is 0 Å². The van der Waals surface area contributed by atoms with Gasteiger partial charge in [-0.3, -0.25) is 0 Å². The van der Waals surface area contributed by atoms with Crippen molar-refractivity contribution in [1.29, 1.82) is 0 Å². The Hall–Kier alpha value is -8.26. The fourth-order valence-corrected chi connectivity index (χ4v) is 10.5. The Morgan fingerprint density at radius 2 is 0.703 bits per heavy atom. The maximum Gasteiger partial charge on any atom is 0.0713 e. The van der Waals surface area contributed by atoms with Gasteiger partial charge in [0.25, 0.3) is 0 Å². The lowest BCUT2D eigenvalue weighted by atomic mass is 9.67. The van der Waals surface area contributed by atoms with E-state index in [1.165, 1.54) is 88.3 Å². The van der Waals surface area contributed by atoms with Gasteiger partial charge in [-0.2, -0.15) is 0 Å². The molecule has 1 nitrogen and oxygen atoms in total. The molecule has 1 aliphatic rings. The molecule has 1 heteroatoms. The van der Waals surface area contributed by atoms with E-state index in [9.17, 15) is 0 Å². The molecule has 0 unspecified atom stereocenters. The van der Waals surface area contributed by atoms with E-state index in [2.05, 4.69) is 266 Å². The number of hydrogen-bond donors (Lipinski definition) is 0. The summed E-state index contributed by atoms with van der Waals surface area (Å²) in [7, 11) is 0. The highest BCUT2D eigenvalue weighted by Gasteiger charge is 2.46. The van der Waals surface area contributed by atoms with Crippen molar-refractivity contribution in [3.63, 3.8) is 0 Å². The van der Waals surface area contributed by atoms with Crippen LogP contribution in [0.4, 0.5) is 17.1 Å². The van der Waals surface area contributed by atoms with Gasteiger partial charge in [0.05, 0.1) is 5.41 Å². The zero-order valence-electron chi connectivity index (χ0n) is 35.3. The zero-order valence-corrected chi connectivity index (χ0v) is 35.3. The van der Waals surface area contributed by atoms with Gasteiger partial charge in [0, 0.05) is 17.1 Å². The normalized spacial score (nSPS) is 12.5. The van der Waals surface area contributed by atoms with Crippen LogP contribution in [0.2, 0.25) is 0 Å². The molecule has 0 N–H and O–H groups in total. The van der Waals surface area contributed by atoms with E-state index in [0.717, 1.165) is 17.1 Å². The zero-order chi connectivity index (χ0) is 42.5. The smallest absolute Gasteiger partial charge is 0.0713 e. The number of benzene rings is 11. The third-order valence-electron chi connectivity index (χ3n) is 13.4. The van der Waals surface area contributed by atoms with Crippen molar-refractivity contribution in [2.45, 2.75) is 5.41 Å². The van der Waals surface area contributed by atoms with Gasteiger partial charge in [0.15, 0.2) is 0 Å². The lowest BCUT2D eigenvalue weighted by Gasteiger charge is -2.34. The first-order chi connectivity index (χ1) is 31.8. The molecule has 12 rings (SSSR count). The second-order valence-corrected chi connectivity index (χ2v) is 16.8. The molecular formula is C63H43N. The summed E-state index contributed by atoms with van der Waals surface area (Å²) in [6.45, 7) is 0. The van der Waals surface area contributed by atoms with Crippen LogP contribution in [-0.4, -0.2) is 0 Å². The summed E-state index contributed by atoms with van der Waals surface area (Å²) < 4.78 is 0. The maximum atomic E-state index is 2.38. The van der Waals surface area contributed by atoms with Gasteiger partial charge in [0.1, 0.15) is 0 Å². The summed E-state index contributed by atoms with van der Waals surface area (Å²) in [4.78, 5) is 2.38. The predicted molar refractivity (Wildman–Crippen MR) is 270 cm³/mol. The first-order valence-electron chi connectivity index (χ1n) is 22.2. The molecule has 0 aromatic heterocycles. The number of rotatable bonds is 8. The van der Waals surface area contributed by atoms with Crippen molar-refractivity contribution >= 4 is 38.6 Å². The average molecular weight is 814 g/mol. The first-order valence-corrected chi connectivity index (χ1v) is 22.2. The standard InChI is InChI=1S/C63H43N/c1-4-17-44(18-5-1)45-31-37-51(38-32-45)64(53-41-35-47(36-42-53)59-43-48-19-10-11-24-54(48)56-25-12-13-26-57(56)59)52-39-33-46(34-40-52)55-28-16-30-61-62(55)58-27-14-15-29-60(58)63(61,49-20-6-2-7-21-49)50-22-8-3-9-23-50/h1-43H. The molecule has 0 radical (unpaired) electrons. The van der Waals surface area contributed by atoms with E-state index in [4.69, 9.17) is 0 Å². The SMILES string of the molecule is c1ccc(-c2ccc(N(c3ccc(-c4cccc5c4-c4ccccc4C5(c4ccccc4)c4ccccc4)cc3)c3ccc(-c4cc5ccccc5c5ccccc45)cc3)cc2)cc1. The minimum Gasteiger partial charge on any atom is -0.311 e. The van der Waals surface area contributed by atoms with E-state index in [-0.39, 0.29) is 0 Å². The summed E-state index contributed by atoms with van der Waals surface area (Å²) in [6, 6.07) is 95.6. The van der Waals surface area contributed by atoms with Crippen LogP contribution in [-0.2, 0) is 5.41 Å². The quantitative estimate of drug-likeness (QED) is 0.138. The van der Waals surface area contributed by atoms with Gasteiger partial charge in [-0.25, -0.2) is 0 Å². The van der Waals surface area contributed by atoms with Crippen LogP contribution >= 0.6 is 0 Å². The van der Waals surface area contributed by atoms with Gasteiger partial charge in [0.2, 0.25) is 0 Å². The van der Waals surface area contributed by atoms with Gasteiger partial charge in [-0.1, -0.05) is 218 Å². The predicted octanol–water partition coefficient (Wildman–Crippen LogP) is 16.8. The lowest BCUT2D eigenvalue weighted by molar-refractivity contribution is 0.768. The Balaban J connectivity index is 0.978. The van der Waals surface area contributed by atoms with Crippen molar-refractivity contribution in [3.05, 3.63) is 283 Å². The first kappa shape index (κ1) is 37.5. The Morgan fingerprint density at radius 3 is 1.33 bits per heavy atom. The van der Waals surface area contributed by atoms with Crippen LogP contribution < -0.4 is 4.90 Å². The minimum atomic E-state index is -0.446. The van der Waals surface area contributed by atoms with Crippen LogP contribution in [0.25, 0.3) is 66.1 Å². The molecule has 1 aliphatic carbocycles. The second-order valence-electron chi connectivity index (χ2n) is 16.8.